The fourth-order valence-corrected chi connectivity index (χ4v) is 6.03. The molecule has 2 aliphatic heterocycles. The lowest BCUT2D eigenvalue weighted by atomic mass is 9.99. The third-order valence-corrected chi connectivity index (χ3v) is 8.56. The molecule has 3 heterocycles. The number of hydrogen-bond donors (Lipinski definition) is 0. The molecule has 1 amide bonds. The number of anilines is 1. The van der Waals surface area contributed by atoms with E-state index in [1.807, 2.05) is 35.2 Å². The molecular weight excluding hydrogens is 526 g/mol. The first kappa shape index (κ1) is 27.7. The highest BCUT2D eigenvalue weighted by Gasteiger charge is 2.22. The number of carbonyl (C=O) groups is 1. The summed E-state index contributed by atoms with van der Waals surface area (Å²) in [6.45, 7) is 8.44. The molecule has 2 aromatic carbocycles. The van der Waals surface area contributed by atoms with E-state index < -0.39 is 0 Å². The number of rotatable bonds is 8. The van der Waals surface area contributed by atoms with Gasteiger partial charge in [-0.3, -0.25) is 9.69 Å². The van der Waals surface area contributed by atoms with Gasteiger partial charge in [0, 0.05) is 63.2 Å². The highest BCUT2D eigenvalue weighted by molar-refractivity contribution is 7.98. The van der Waals surface area contributed by atoms with Crippen LogP contribution in [0.5, 0.6) is 0 Å². The van der Waals surface area contributed by atoms with Crippen molar-refractivity contribution in [2.45, 2.75) is 30.7 Å². The number of amides is 1. The Morgan fingerprint density at radius 2 is 1.74 bits per heavy atom. The van der Waals surface area contributed by atoms with E-state index in [2.05, 4.69) is 64.2 Å². The quantitative estimate of drug-likeness (QED) is 0.187. The second-order valence-corrected chi connectivity index (χ2v) is 11.7. The molecule has 6 nitrogen and oxygen atoms in total. The van der Waals surface area contributed by atoms with Crippen LogP contribution in [0.4, 0.5) is 5.82 Å². The second-order valence-electron chi connectivity index (χ2n) is 10.4. The molecule has 0 atom stereocenters. The minimum atomic E-state index is 0.0990. The summed E-state index contributed by atoms with van der Waals surface area (Å²) in [7, 11) is 0. The number of carbonyl (C=O) groups excluding carboxylic acids is 1. The summed E-state index contributed by atoms with van der Waals surface area (Å²) in [5, 5.41) is 1.14. The summed E-state index contributed by atoms with van der Waals surface area (Å²) in [4.78, 5) is 29.1. The molecule has 39 heavy (non-hydrogen) atoms. The Hall–Kier alpha value is -2.87. The van der Waals surface area contributed by atoms with Crippen molar-refractivity contribution in [3.05, 3.63) is 88.6 Å². The zero-order valence-electron chi connectivity index (χ0n) is 22.5. The molecule has 0 aliphatic carbocycles. The van der Waals surface area contributed by atoms with Crippen LogP contribution in [0.2, 0.25) is 5.15 Å². The molecular formula is C31H36ClN5OS. The molecule has 0 N–H and O–H groups in total. The average molecular weight is 562 g/mol. The van der Waals surface area contributed by atoms with Gasteiger partial charge in [-0.05, 0) is 42.0 Å². The first-order valence-electron chi connectivity index (χ1n) is 13.8. The van der Waals surface area contributed by atoms with E-state index in [1.54, 1.807) is 11.8 Å². The van der Waals surface area contributed by atoms with Crippen molar-refractivity contribution in [2.75, 3.05) is 50.7 Å². The van der Waals surface area contributed by atoms with Crippen molar-refractivity contribution < 1.29 is 4.79 Å². The molecule has 0 spiro atoms. The summed E-state index contributed by atoms with van der Waals surface area (Å²) in [6.07, 6.45) is 6.70. The molecule has 2 fully saturated rings. The number of piperidine rings is 1. The van der Waals surface area contributed by atoms with E-state index in [-0.39, 0.29) is 5.91 Å². The molecule has 204 valence electrons. The Kier molecular flexibility index (Phi) is 9.56. The van der Waals surface area contributed by atoms with Gasteiger partial charge in [-0.25, -0.2) is 9.97 Å². The second kappa shape index (κ2) is 13.5. The minimum Gasteiger partial charge on any atom is -0.356 e. The predicted octanol–water partition coefficient (Wildman–Crippen LogP) is 6.13. The van der Waals surface area contributed by atoms with E-state index in [0.29, 0.717) is 16.1 Å². The first-order valence-corrected chi connectivity index (χ1v) is 15.1. The predicted molar refractivity (Wildman–Crippen MR) is 161 cm³/mol. The fraction of sp³-hybridized carbons (Fsp3) is 0.387. The van der Waals surface area contributed by atoms with Crippen LogP contribution < -0.4 is 4.90 Å². The van der Waals surface area contributed by atoms with E-state index >= 15 is 0 Å². The van der Waals surface area contributed by atoms with Gasteiger partial charge >= 0.3 is 0 Å². The van der Waals surface area contributed by atoms with Gasteiger partial charge in [0.15, 0.2) is 5.16 Å². The van der Waals surface area contributed by atoms with E-state index in [1.165, 1.54) is 18.4 Å². The van der Waals surface area contributed by atoms with Crippen molar-refractivity contribution in [1.82, 2.24) is 19.8 Å². The maximum absolute atomic E-state index is 13.3. The highest BCUT2D eigenvalue weighted by Crippen LogP contribution is 2.27. The zero-order chi connectivity index (χ0) is 27.0. The number of piperazine rings is 1. The lowest BCUT2D eigenvalue weighted by Crippen LogP contribution is -2.48. The third kappa shape index (κ3) is 7.84. The van der Waals surface area contributed by atoms with Crippen LogP contribution in [0.15, 0.2) is 71.9 Å². The van der Waals surface area contributed by atoms with Crippen LogP contribution in [0, 0.1) is 5.92 Å². The third-order valence-electron chi connectivity index (χ3n) is 7.44. The molecule has 2 saturated heterocycles. The highest BCUT2D eigenvalue weighted by atomic mass is 35.5. The average Bonchev–Trinajstić information content (AvgIpc) is 2.97. The maximum atomic E-state index is 13.3. The van der Waals surface area contributed by atoms with E-state index in [0.717, 1.165) is 68.7 Å². The van der Waals surface area contributed by atoms with Crippen LogP contribution in [0.3, 0.4) is 0 Å². The van der Waals surface area contributed by atoms with Gasteiger partial charge in [-0.1, -0.05) is 84.9 Å². The van der Waals surface area contributed by atoms with Gasteiger partial charge in [0.2, 0.25) is 0 Å². The van der Waals surface area contributed by atoms with Crippen molar-refractivity contribution in [3.8, 4) is 0 Å². The molecule has 8 heteroatoms. The molecule has 3 aromatic rings. The normalized spacial score (nSPS) is 17.2. The van der Waals surface area contributed by atoms with Crippen LogP contribution >= 0.6 is 23.4 Å². The summed E-state index contributed by atoms with van der Waals surface area (Å²) in [5.41, 5.74) is 3.02. The number of thioether (sulfide) groups is 1. The lowest BCUT2D eigenvalue weighted by Gasteiger charge is -2.34. The molecule has 0 saturated carbocycles. The summed E-state index contributed by atoms with van der Waals surface area (Å²) < 4.78 is 0. The fourth-order valence-electron chi connectivity index (χ4n) is 5.01. The van der Waals surface area contributed by atoms with Crippen molar-refractivity contribution in [2.24, 2.45) is 5.92 Å². The number of nitrogens with zero attached hydrogens (tertiary/aromatic N) is 5. The Bertz CT molecular complexity index is 1270. The van der Waals surface area contributed by atoms with Crippen molar-refractivity contribution in [3.63, 3.8) is 0 Å². The molecule has 5 rings (SSSR count). The maximum Gasteiger partial charge on any atom is 0.253 e. The van der Waals surface area contributed by atoms with Gasteiger partial charge in [0.05, 0.1) is 0 Å². The molecule has 0 radical (unpaired) electrons. The van der Waals surface area contributed by atoms with Gasteiger partial charge in [-0.2, -0.15) is 0 Å². The molecule has 2 aliphatic rings. The Balaban J connectivity index is 1.13. The summed E-state index contributed by atoms with van der Waals surface area (Å²) in [6, 6.07) is 20.1. The number of halogens is 1. The smallest absolute Gasteiger partial charge is 0.253 e. The number of benzene rings is 2. The Morgan fingerprint density at radius 1 is 0.974 bits per heavy atom. The van der Waals surface area contributed by atoms with Crippen molar-refractivity contribution >= 4 is 41.2 Å². The molecule has 1 aromatic heterocycles. The van der Waals surface area contributed by atoms with Crippen LogP contribution in [0.1, 0.15) is 41.3 Å². The van der Waals surface area contributed by atoms with Crippen molar-refractivity contribution in [1.29, 1.82) is 0 Å². The van der Waals surface area contributed by atoms with Gasteiger partial charge < -0.3 is 9.80 Å². The SMILES string of the molecule is CC1CCN(c2cc(Cl)nc(SCc3cccc(C(=O)N4CCN(C/C=C/c5ccccc5)CC4)c3)n2)CC1. The minimum absolute atomic E-state index is 0.0990. The topological polar surface area (TPSA) is 52.6 Å². The van der Waals surface area contributed by atoms with Crippen LogP contribution in [-0.2, 0) is 5.75 Å². The van der Waals surface area contributed by atoms with Crippen LogP contribution in [0.25, 0.3) is 6.08 Å². The standard InChI is InChI=1S/C31H36ClN5OS/c1-24-12-15-36(16-13-24)29-22-28(32)33-31(34-29)39-23-26-9-5-11-27(21-26)30(38)37-19-17-35(18-20-37)14-6-10-25-7-3-2-4-8-25/h2-11,21-22,24H,12-20,23H2,1H3/b10-6+. The number of aromatic nitrogens is 2. The largest absolute Gasteiger partial charge is 0.356 e. The molecule has 0 unspecified atom stereocenters. The van der Waals surface area contributed by atoms with Gasteiger partial charge in [0.1, 0.15) is 11.0 Å². The van der Waals surface area contributed by atoms with Gasteiger partial charge in [0.25, 0.3) is 5.91 Å². The summed E-state index contributed by atoms with van der Waals surface area (Å²) >= 11 is 7.91. The number of hydrogen-bond acceptors (Lipinski definition) is 6. The van der Waals surface area contributed by atoms with Gasteiger partial charge in [-0.15, -0.1) is 0 Å². The van der Waals surface area contributed by atoms with E-state index in [9.17, 15) is 4.79 Å². The zero-order valence-corrected chi connectivity index (χ0v) is 24.1. The van der Waals surface area contributed by atoms with E-state index in [4.69, 9.17) is 16.6 Å². The van der Waals surface area contributed by atoms with Crippen LogP contribution in [-0.4, -0.2) is 71.5 Å². The lowest BCUT2D eigenvalue weighted by molar-refractivity contribution is 0.0650. The summed E-state index contributed by atoms with van der Waals surface area (Å²) in [5.74, 6) is 2.44. The Morgan fingerprint density at radius 3 is 2.51 bits per heavy atom. The molecule has 0 bridgehead atoms. The first-order chi connectivity index (χ1) is 19.0. The monoisotopic (exact) mass is 561 g/mol. The Labute approximate surface area is 241 Å².